The standard InChI is InChI=1S/C32H34O9/c1-2-8-30(33)41-29-16-15-26(19-28(29)32(35)39-20-23-9-4-3-5-10-23)40-31(34)24-11-13-25(14-12-24)37-18-7-6-17-36-21-27-22-38-27/h3-5,9-16,19,27H,2,6-8,17-18,20-22H2,1H3. The van der Waals surface area contributed by atoms with Crippen LogP contribution in [0.1, 0.15) is 58.9 Å². The topological polar surface area (TPSA) is 110 Å². The molecule has 0 radical (unpaired) electrons. The molecule has 0 aromatic heterocycles. The number of carbonyl (C=O) groups is 3. The molecule has 9 heteroatoms. The molecular weight excluding hydrogens is 528 g/mol. The highest BCUT2D eigenvalue weighted by Gasteiger charge is 2.22. The van der Waals surface area contributed by atoms with Gasteiger partial charge in [-0.25, -0.2) is 9.59 Å². The third-order valence-electron chi connectivity index (χ3n) is 6.02. The molecule has 9 nitrogen and oxygen atoms in total. The van der Waals surface area contributed by atoms with Gasteiger partial charge in [0.1, 0.15) is 35.5 Å². The number of esters is 3. The van der Waals surface area contributed by atoms with E-state index in [0.29, 0.717) is 37.6 Å². The van der Waals surface area contributed by atoms with Gasteiger partial charge in [-0.2, -0.15) is 0 Å². The fraction of sp³-hybridized carbons (Fsp3) is 0.344. The average molecular weight is 563 g/mol. The van der Waals surface area contributed by atoms with Gasteiger partial charge in [0, 0.05) is 13.0 Å². The van der Waals surface area contributed by atoms with E-state index in [2.05, 4.69) is 0 Å². The predicted molar refractivity (Wildman–Crippen MR) is 149 cm³/mol. The Balaban J connectivity index is 1.32. The minimum absolute atomic E-state index is 0.0225. The summed E-state index contributed by atoms with van der Waals surface area (Å²) in [6.45, 7) is 4.52. The van der Waals surface area contributed by atoms with Gasteiger partial charge < -0.3 is 28.4 Å². The number of hydrogen-bond donors (Lipinski definition) is 0. The Bertz CT molecular complexity index is 1280. The van der Waals surface area contributed by atoms with E-state index in [0.717, 1.165) is 25.0 Å². The fourth-order valence-electron chi connectivity index (χ4n) is 3.73. The number of unbranched alkanes of at least 4 members (excludes halogenated alkanes) is 1. The van der Waals surface area contributed by atoms with E-state index in [1.54, 1.807) is 24.3 Å². The van der Waals surface area contributed by atoms with Crippen molar-refractivity contribution in [1.29, 1.82) is 0 Å². The SMILES string of the molecule is CCCC(=O)Oc1ccc(OC(=O)c2ccc(OCCCCOCC3CO3)cc2)cc1C(=O)OCc1ccccc1. The van der Waals surface area contributed by atoms with E-state index in [4.69, 9.17) is 28.4 Å². The van der Waals surface area contributed by atoms with Crippen LogP contribution in [0.3, 0.4) is 0 Å². The maximum Gasteiger partial charge on any atom is 0.343 e. The molecule has 0 bridgehead atoms. The van der Waals surface area contributed by atoms with Crippen LogP contribution in [0.25, 0.3) is 0 Å². The monoisotopic (exact) mass is 562 g/mol. The van der Waals surface area contributed by atoms with Gasteiger partial charge >= 0.3 is 17.9 Å². The molecular formula is C32H34O9. The first-order valence-electron chi connectivity index (χ1n) is 13.7. The Labute approximate surface area is 239 Å². The van der Waals surface area contributed by atoms with Crippen LogP contribution in [0.4, 0.5) is 0 Å². The van der Waals surface area contributed by atoms with Crippen LogP contribution in [0.15, 0.2) is 72.8 Å². The predicted octanol–water partition coefficient (Wildman–Crippen LogP) is 5.54. The first-order valence-corrected chi connectivity index (χ1v) is 13.7. The lowest BCUT2D eigenvalue weighted by Crippen LogP contribution is -2.14. The maximum atomic E-state index is 12.9. The van der Waals surface area contributed by atoms with Crippen molar-refractivity contribution < 1.29 is 42.8 Å². The summed E-state index contributed by atoms with van der Waals surface area (Å²) < 4.78 is 32.7. The summed E-state index contributed by atoms with van der Waals surface area (Å²) in [5, 5.41) is 0. The van der Waals surface area contributed by atoms with Gasteiger partial charge in [0.25, 0.3) is 0 Å². The second-order valence-electron chi connectivity index (χ2n) is 9.44. The molecule has 1 heterocycles. The third kappa shape index (κ3) is 10.0. The molecule has 0 amide bonds. The lowest BCUT2D eigenvalue weighted by atomic mass is 10.1. The highest BCUT2D eigenvalue weighted by molar-refractivity contribution is 5.95. The molecule has 1 atom stereocenters. The largest absolute Gasteiger partial charge is 0.494 e. The van der Waals surface area contributed by atoms with E-state index in [1.807, 2.05) is 37.3 Å². The third-order valence-corrected chi connectivity index (χ3v) is 6.02. The molecule has 3 aromatic rings. The highest BCUT2D eigenvalue weighted by Crippen LogP contribution is 2.27. The summed E-state index contributed by atoms with van der Waals surface area (Å²) in [4.78, 5) is 37.8. The number of epoxide rings is 1. The van der Waals surface area contributed by atoms with Crippen molar-refractivity contribution in [3.05, 3.63) is 89.5 Å². The number of hydrogen-bond acceptors (Lipinski definition) is 9. The summed E-state index contributed by atoms with van der Waals surface area (Å²) in [5.41, 5.74) is 1.08. The number of carbonyl (C=O) groups excluding carboxylic acids is 3. The first kappa shape index (κ1) is 29.8. The van der Waals surface area contributed by atoms with Gasteiger partial charge in [-0.1, -0.05) is 37.3 Å². The average Bonchev–Trinajstić information content (AvgIpc) is 3.82. The number of benzene rings is 3. The highest BCUT2D eigenvalue weighted by atomic mass is 16.6. The fourth-order valence-corrected chi connectivity index (χ4v) is 3.73. The van der Waals surface area contributed by atoms with Crippen LogP contribution in [-0.4, -0.2) is 50.4 Å². The van der Waals surface area contributed by atoms with E-state index in [1.165, 1.54) is 18.2 Å². The Hall–Kier alpha value is -4.21. The molecule has 3 aromatic carbocycles. The van der Waals surface area contributed by atoms with Gasteiger partial charge in [0.05, 0.1) is 25.4 Å². The quantitative estimate of drug-likeness (QED) is 0.0961. The van der Waals surface area contributed by atoms with Gasteiger partial charge in [-0.15, -0.1) is 0 Å². The van der Waals surface area contributed by atoms with Gasteiger partial charge in [0.2, 0.25) is 0 Å². The zero-order valence-electron chi connectivity index (χ0n) is 23.0. The van der Waals surface area contributed by atoms with Gasteiger partial charge in [0.15, 0.2) is 0 Å². The van der Waals surface area contributed by atoms with Gasteiger partial charge in [-0.05, 0) is 67.3 Å². The van der Waals surface area contributed by atoms with Crippen molar-refractivity contribution in [3.8, 4) is 17.2 Å². The smallest absolute Gasteiger partial charge is 0.343 e. The molecule has 4 rings (SSSR count). The van der Waals surface area contributed by atoms with Crippen molar-refractivity contribution >= 4 is 17.9 Å². The molecule has 0 saturated carbocycles. The minimum Gasteiger partial charge on any atom is -0.494 e. The molecule has 1 aliphatic heterocycles. The van der Waals surface area contributed by atoms with Crippen molar-refractivity contribution in [2.24, 2.45) is 0 Å². The van der Waals surface area contributed by atoms with Crippen molar-refractivity contribution in [3.63, 3.8) is 0 Å². The van der Waals surface area contributed by atoms with Crippen LogP contribution in [0.2, 0.25) is 0 Å². The van der Waals surface area contributed by atoms with Crippen molar-refractivity contribution in [2.45, 2.75) is 45.3 Å². The molecule has 41 heavy (non-hydrogen) atoms. The Morgan fingerprint density at radius 2 is 1.59 bits per heavy atom. The maximum absolute atomic E-state index is 12.9. The zero-order chi connectivity index (χ0) is 28.9. The van der Waals surface area contributed by atoms with E-state index in [9.17, 15) is 14.4 Å². The second-order valence-corrected chi connectivity index (χ2v) is 9.44. The van der Waals surface area contributed by atoms with Crippen LogP contribution in [-0.2, 0) is 25.6 Å². The summed E-state index contributed by atoms with van der Waals surface area (Å²) >= 11 is 0. The van der Waals surface area contributed by atoms with Crippen molar-refractivity contribution in [2.75, 3.05) is 26.4 Å². The van der Waals surface area contributed by atoms with Crippen LogP contribution in [0.5, 0.6) is 17.2 Å². The second kappa shape index (κ2) is 15.5. The lowest BCUT2D eigenvalue weighted by Gasteiger charge is -2.12. The Morgan fingerprint density at radius 1 is 0.854 bits per heavy atom. The normalized spacial score (nSPS) is 13.7. The van der Waals surface area contributed by atoms with E-state index < -0.39 is 17.9 Å². The van der Waals surface area contributed by atoms with Gasteiger partial charge in [-0.3, -0.25) is 4.79 Å². The number of rotatable bonds is 16. The molecule has 0 N–H and O–H groups in total. The molecule has 0 spiro atoms. The molecule has 216 valence electrons. The zero-order valence-corrected chi connectivity index (χ0v) is 23.0. The van der Waals surface area contributed by atoms with Crippen molar-refractivity contribution in [1.82, 2.24) is 0 Å². The summed E-state index contributed by atoms with van der Waals surface area (Å²) in [6, 6.07) is 20.0. The lowest BCUT2D eigenvalue weighted by molar-refractivity contribution is -0.134. The molecule has 1 saturated heterocycles. The summed E-state index contributed by atoms with van der Waals surface area (Å²) in [6.07, 6.45) is 2.79. The molecule has 0 aliphatic carbocycles. The minimum atomic E-state index is -0.712. The molecule has 1 fully saturated rings. The molecule has 1 unspecified atom stereocenters. The Kier molecular flexibility index (Phi) is 11.3. The van der Waals surface area contributed by atoms with Crippen LogP contribution >= 0.6 is 0 Å². The van der Waals surface area contributed by atoms with E-state index in [-0.39, 0.29) is 36.2 Å². The molecule has 1 aliphatic rings. The summed E-state index contributed by atoms with van der Waals surface area (Å²) in [5.74, 6) is -1.04. The van der Waals surface area contributed by atoms with Crippen LogP contribution < -0.4 is 14.2 Å². The summed E-state index contributed by atoms with van der Waals surface area (Å²) in [7, 11) is 0. The van der Waals surface area contributed by atoms with E-state index >= 15 is 0 Å². The van der Waals surface area contributed by atoms with Crippen LogP contribution in [0, 0.1) is 0 Å². The Morgan fingerprint density at radius 3 is 2.32 bits per heavy atom. The first-order chi connectivity index (χ1) is 20.0. The number of ether oxygens (including phenoxy) is 6.